The molecule has 8 heteroatoms. The van der Waals surface area contributed by atoms with Crippen molar-refractivity contribution in [3.8, 4) is 11.5 Å². The number of amides is 2. The van der Waals surface area contributed by atoms with Crippen molar-refractivity contribution in [2.45, 2.75) is 0 Å². The molecule has 1 aliphatic heterocycles. The summed E-state index contributed by atoms with van der Waals surface area (Å²) in [6, 6.07) is 21.6. The average molecular weight is 457 g/mol. The minimum absolute atomic E-state index is 0.0350. The SMILES string of the molecule is CN(C)c1ccc(C=NNC(=O)C(=Cc2ccc3c(c2)OCO3)NC(=O)c2ccccc2)cc1. The van der Waals surface area contributed by atoms with E-state index in [1.165, 1.54) is 6.21 Å². The Bertz CT molecular complexity index is 1240. The summed E-state index contributed by atoms with van der Waals surface area (Å²) in [5.74, 6) is 0.220. The van der Waals surface area contributed by atoms with E-state index >= 15 is 0 Å². The third-order valence-corrected chi connectivity index (χ3v) is 5.03. The van der Waals surface area contributed by atoms with E-state index < -0.39 is 11.8 Å². The molecule has 0 unspecified atom stereocenters. The molecule has 0 saturated carbocycles. The van der Waals surface area contributed by atoms with Crippen molar-refractivity contribution >= 4 is 29.8 Å². The summed E-state index contributed by atoms with van der Waals surface area (Å²) in [5.41, 5.74) is 5.47. The van der Waals surface area contributed by atoms with Crippen LogP contribution in [0.25, 0.3) is 6.08 Å². The minimum atomic E-state index is -0.567. The first-order valence-corrected chi connectivity index (χ1v) is 10.6. The zero-order valence-corrected chi connectivity index (χ0v) is 18.8. The Kier molecular flexibility index (Phi) is 6.88. The highest BCUT2D eigenvalue weighted by atomic mass is 16.7. The summed E-state index contributed by atoms with van der Waals surface area (Å²) in [7, 11) is 3.92. The summed E-state index contributed by atoms with van der Waals surface area (Å²) in [6.07, 6.45) is 3.09. The summed E-state index contributed by atoms with van der Waals surface area (Å²) in [4.78, 5) is 27.6. The lowest BCUT2D eigenvalue weighted by Gasteiger charge is -2.11. The van der Waals surface area contributed by atoms with Gasteiger partial charge in [0.05, 0.1) is 6.21 Å². The summed E-state index contributed by atoms with van der Waals surface area (Å²) < 4.78 is 10.7. The van der Waals surface area contributed by atoms with Gasteiger partial charge in [-0.3, -0.25) is 9.59 Å². The predicted molar refractivity (Wildman–Crippen MR) is 131 cm³/mol. The van der Waals surface area contributed by atoms with Crippen LogP contribution >= 0.6 is 0 Å². The van der Waals surface area contributed by atoms with Crippen LogP contribution in [0.3, 0.4) is 0 Å². The summed E-state index contributed by atoms with van der Waals surface area (Å²) in [5, 5.41) is 6.72. The molecule has 3 aromatic rings. The first kappa shape index (κ1) is 22.6. The number of nitrogens with zero attached hydrogens (tertiary/aromatic N) is 2. The monoisotopic (exact) mass is 456 g/mol. The van der Waals surface area contributed by atoms with Crippen molar-refractivity contribution in [3.63, 3.8) is 0 Å². The van der Waals surface area contributed by atoms with Crippen LogP contribution in [0.2, 0.25) is 0 Å². The van der Waals surface area contributed by atoms with E-state index in [1.807, 2.05) is 49.3 Å². The van der Waals surface area contributed by atoms with Gasteiger partial charge in [0.1, 0.15) is 5.70 Å². The van der Waals surface area contributed by atoms with E-state index in [9.17, 15) is 9.59 Å². The standard InChI is InChI=1S/C26H24N4O4/c1-30(2)21-11-8-18(9-12-21)16-27-29-26(32)22(28-25(31)20-6-4-3-5-7-20)14-19-10-13-23-24(15-19)34-17-33-23/h3-16H,17H2,1-2H3,(H,28,31)(H,29,32). The zero-order chi connectivity index (χ0) is 23.9. The predicted octanol–water partition coefficient (Wildman–Crippen LogP) is 3.40. The second-order valence-corrected chi connectivity index (χ2v) is 7.68. The van der Waals surface area contributed by atoms with Crippen molar-refractivity contribution in [3.05, 3.63) is 95.2 Å². The van der Waals surface area contributed by atoms with Crippen LogP contribution in [-0.2, 0) is 4.79 Å². The maximum Gasteiger partial charge on any atom is 0.287 e. The molecular formula is C26H24N4O4. The fraction of sp³-hybridized carbons (Fsp3) is 0.115. The third-order valence-electron chi connectivity index (χ3n) is 5.03. The molecule has 4 rings (SSSR count). The van der Waals surface area contributed by atoms with Crippen LogP contribution in [0.4, 0.5) is 5.69 Å². The van der Waals surface area contributed by atoms with Gasteiger partial charge in [-0.1, -0.05) is 36.4 Å². The Hall–Kier alpha value is -4.59. The molecule has 1 heterocycles. The van der Waals surface area contributed by atoms with Crippen molar-refractivity contribution in [1.29, 1.82) is 0 Å². The number of carbonyl (C=O) groups is 2. The van der Waals surface area contributed by atoms with Crippen molar-refractivity contribution in [2.24, 2.45) is 5.10 Å². The molecule has 34 heavy (non-hydrogen) atoms. The molecule has 0 bridgehead atoms. The lowest BCUT2D eigenvalue weighted by molar-refractivity contribution is -0.117. The van der Waals surface area contributed by atoms with Crippen molar-refractivity contribution < 1.29 is 19.1 Å². The van der Waals surface area contributed by atoms with Gasteiger partial charge in [-0.15, -0.1) is 0 Å². The number of hydrogen-bond donors (Lipinski definition) is 2. The Morgan fingerprint density at radius 3 is 2.35 bits per heavy atom. The minimum Gasteiger partial charge on any atom is -0.454 e. The van der Waals surface area contributed by atoms with Gasteiger partial charge >= 0.3 is 0 Å². The van der Waals surface area contributed by atoms with E-state index in [0.29, 0.717) is 22.6 Å². The van der Waals surface area contributed by atoms with Crippen LogP contribution in [0.5, 0.6) is 11.5 Å². The van der Waals surface area contributed by atoms with Crippen molar-refractivity contribution in [2.75, 3.05) is 25.8 Å². The molecule has 172 valence electrons. The second-order valence-electron chi connectivity index (χ2n) is 7.68. The van der Waals surface area contributed by atoms with E-state index in [4.69, 9.17) is 9.47 Å². The molecule has 0 saturated heterocycles. The quantitative estimate of drug-likeness (QED) is 0.323. The Morgan fingerprint density at radius 1 is 0.912 bits per heavy atom. The maximum atomic E-state index is 12.9. The normalized spacial score (nSPS) is 12.5. The fourth-order valence-electron chi connectivity index (χ4n) is 3.20. The molecule has 1 aliphatic rings. The number of fused-ring (bicyclic) bond motifs is 1. The van der Waals surface area contributed by atoms with Crippen molar-refractivity contribution in [1.82, 2.24) is 10.7 Å². The number of carbonyl (C=O) groups excluding carboxylic acids is 2. The molecule has 2 amide bonds. The molecule has 8 nitrogen and oxygen atoms in total. The smallest absolute Gasteiger partial charge is 0.287 e. The molecule has 0 aromatic heterocycles. The molecule has 3 aromatic carbocycles. The van der Waals surface area contributed by atoms with Gasteiger partial charge in [-0.05, 0) is 53.6 Å². The van der Waals surface area contributed by atoms with Gasteiger partial charge in [0.2, 0.25) is 6.79 Å². The Morgan fingerprint density at radius 2 is 1.62 bits per heavy atom. The van der Waals surface area contributed by atoms with E-state index in [2.05, 4.69) is 15.8 Å². The Balaban J connectivity index is 1.52. The summed E-state index contributed by atoms with van der Waals surface area (Å²) >= 11 is 0. The molecule has 0 aliphatic carbocycles. The lowest BCUT2D eigenvalue weighted by atomic mass is 10.1. The molecule has 0 atom stereocenters. The highest BCUT2D eigenvalue weighted by Crippen LogP contribution is 2.33. The second kappa shape index (κ2) is 10.4. The first-order valence-electron chi connectivity index (χ1n) is 10.6. The van der Waals surface area contributed by atoms with Gasteiger partial charge in [0, 0.05) is 25.3 Å². The molecule has 2 N–H and O–H groups in total. The van der Waals surface area contributed by atoms with Gasteiger partial charge in [0.25, 0.3) is 11.8 Å². The maximum absolute atomic E-state index is 12.9. The van der Waals surface area contributed by atoms with E-state index in [-0.39, 0.29) is 12.5 Å². The van der Waals surface area contributed by atoms with Crippen LogP contribution in [0.1, 0.15) is 21.5 Å². The Labute approximate surface area is 197 Å². The highest BCUT2D eigenvalue weighted by Gasteiger charge is 2.16. The molecular weight excluding hydrogens is 432 g/mol. The third kappa shape index (κ3) is 5.60. The van der Waals surface area contributed by atoms with Gasteiger partial charge in [0.15, 0.2) is 11.5 Å². The number of rotatable bonds is 7. The largest absolute Gasteiger partial charge is 0.454 e. The number of ether oxygens (including phenoxy) is 2. The molecule has 0 radical (unpaired) electrons. The first-order chi connectivity index (χ1) is 16.5. The number of hydrazone groups is 1. The molecule has 0 fully saturated rings. The number of anilines is 1. The zero-order valence-electron chi connectivity index (χ0n) is 18.8. The van der Waals surface area contributed by atoms with E-state index in [0.717, 1.165) is 11.3 Å². The van der Waals surface area contributed by atoms with Crippen LogP contribution < -0.4 is 25.1 Å². The van der Waals surface area contributed by atoms with Crippen LogP contribution in [0.15, 0.2) is 83.6 Å². The fourth-order valence-corrected chi connectivity index (χ4v) is 3.20. The topological polar surface area (TPSA) is 92.3 Å². The van der Waals surface area contributed by atoms with Gasteiger partial charge in [-0.25, -0.2) is 5.43 Å². The average Bonchev–Trinajstić information content (AvgIpc) is 3.32. The number of nitrogens with one attached hydrogen (secondary N) is 2. The van der Waals surface area contributed by atoms with Gasteiger partial charge < -0.3 is 19.7 Å². The highest BCUT2D eigenvalue weighted by molar-refractivity contribution is 6.05. The van der Waals surface area contributed by atoms with Crippen LogP contribution in [-0.4, -0.2) is 38.9 Å². The number of benzene rings is 3. The van der Waals surface area contributed by atoms with Crippen LogP contribution in [0, 0.1) is 0 Å². The molecule has 0 spiro atoms. The lowest BCUT2D eigenvalue weighted by Crippen LogP contribution is -2.32. The van der Waals surface area contributed by atoms with E-state index in [1.54, 1.807) is 48.5 Å². The van der Waals surface area contributed by atoms with Gasteiger partial charge in [-0.2, -0.15) is 5.10 Å². The summed E-state index contributed by atoms with van der Waals surface area (Å²) in [6.45, 7) is 0.144. The number of hydrogen-bond acceptors (Lipinski definition) is 6.